The van der Waals surface area contributed by atoms with Crippen LogP contribution in [-0.2, 0) is 4.74 Å². The molecule has 0 fully saturated rings. The maximum absolute atomic E-state index is 10.7. The predicted molar refractivity (Wildman–Crippen MR) is 40.4 cm³/mol. The van der Waals surface area contributed by atoms with Crippen LogP contribution in [0.3, 0.4) is 0 Å². The van der Waals surface area contributed by atoms with Crippen molar-refractivity contribution < 1.29 is 9.53 Å². The molecule has 0 aromatic carbocycles. The van der Waals surface area contributed by atoms with Gasteiger partial charge in [-0.3, -0.25) is 0 Å². The number of halogens is 1. The van der Waals surface area contributed by atoms with Crippen LogP contribution in [0.4, 0.5) is 0 Å². The molecule has 1 heterocycles. The van der Waals surface area contributed by atoms with Crippen LogP contribution in [0.2, 0.25) is 0 Å². The second-order valence-corrected chi connectivity index (χ2v) is 2.48. The standard InChI is InChI=1S/C4H4IN3O2/c1-10-4(9)2-3(5)7-8-6-2/h1H3,(H,6,7,8). The average Bonchev–Trinajstić information content (AvgIpc) is 2.34. The molecule has 0 spiro atoms. The zero-order chi connectivity index (χ0) is 7.56. The third kappa shape index (κ3) is 1.25. The molecule has 5 nitrogen and oxygen atoms in total. The van der Waals surface area contributed by atoms with Crippen LogP contribution >= 0.6 is 22.6 Å². The van der Waals surface area contributed by atoms with Crippen LogP contribution in [0.1, 0.15) is 10.5 Å². The van der Waals surface area contributed by atoms with E-state index in [0.29, 0.717) is 3.70 Å². The lowest BCUT2D eigenvalue weighted by atomic mass is 10.5. The number of nitrogens with zero attached hydrogens (tertiary/aromatic N) is 2. The Kier molecular flexibility index (Phi) is 2.20. The number of carbonyl (C=O) groups excluding carboxylic acids is 1. The fourth-order valence-corrected chi connectivity index (χ4v) is 0.893. The summed E-state index contributed by atoms with van der Waals surface area (Å²) in [5.41, 5.74) is 0.225. The zero-order valence-electron chi connectivity index (χ0n) is 5.09. The molecule has 0 saturated carbocycles. The first-order valence-electron chi connectivity index (χ1n) is 2.40. The van der Waals surface area contributed by atoms with E-state index in [1.807, 2.05) is 22.6 Å². The minimum Gasteiger partial charge on any atom is -0.464 e. The molecule has 0 aliphatic carbocycles. The number of aromatic amines is 1. The molecule has 1 N–H and O–H groups in total. The summed E-state index contributed by atoms with van der Waals surface area (Å²) >= 11 is 1.89. The van der Waals surface area contributed by atoms with Gasteiger partial charge in [0.2, 0.25) is 5.69 Å². The Bertz CT molecular complexity index is 246. The Morgan fingerprint density at radius 2 is 2.40 bits per heavy atom. The monoisotopic (exact) mass is 253 g/mol. The first kappa shape index (κ1) is 7.45. The van der Waals surface area contributed by atoms with E-state index >= 15 is 0 Å². The van der Waals surface area contributed by atoms with Crippen molar-refractivity contribution in [1.82, 2.24) is 15.4 Å². The SMILES string of the molecule is COC(=O)c1n[nH]nc1I. The Hall–Kier alpha value is -0.660. The van der Waals surface area contributed by atoms with Crippen molar-refractivity contribution >= 4 is 28.6 Å². The molecule has 1 aromatic rings. The Labute approximate surface area is 70.3 Å². The van der Waals surface area contributed by atoms with Crippen molar-refractivity contribution in [2.45, 2.75) is 0 Å². The fraction of sp³-hybridized carbons (Fsp3) is 0.250. The van der Waals surface area contributed by atoms with Gasteiger partial charge in [0, 0.05) is 0 Å². The van der Waals surface area contributed by atoms with Gasteiger partial charge in [0.1, 0.15) is 0 Å². The molecule has 0 atom stereocenters. The third-order valence-corrected chi connectivity index (χ3v) is 1.64. The Morgan fingerprint density at radius 1 is 1.70 bits per heavy atom. The molecule has 6 heteroatoms. The van der Waals surface area contributed by atoms with E-state index in [-0.39, 0.29) is 5.69 Å². The number of methoxy groups -OCH3 is 1. The number of aromatic nitrogens is 3. The fourth-order valence-electron chi connectivity index (χ4n) is 0.445. The average molecular weight is 253 g/mol. The molecule has 0 amide bonds. The van der Waals surface area contributed by atoms with Crippen LogP contribution in [0.25, 0.3) is 0 Å². The Morgan fingerprint density at radius 3 is 2.80 bits per heavy atom. The molecule has 54 valence electrons. The summed E-state index contributed by atoms with van der Waals surface area (Å²) in [6.07, 6.45) is 0. The quantitative estimate of drug-likeness (QED) is 0.573. The van der Waals surface area contributed by atoms with Crippen molar-refractivity contribution in [2.75, 3.05) is 7.11 Å². The van der Waals surface area contributed by atoms with E-state index < -0.39 is 5.97 Å². The second kappa shape index (κ2) is 2.95. The number of esters is 1. The smallest absolute Gasteiger partial charge is 0.361 e. The van der Waals surface area contributed by atoms with Gasteiger partial charge in [0.15, 0.2) is 3.70 Å². The van der Waals surface area contributed by atoms with Gasteiger partial charge in [-0.1, -0.05) is 0 Å². The highest BCUT2D eigenvalue weighted by molar-refractivity contribution is 14.1. The third-order valence-electron chi connectivity index (χ3n) is 0.884. The van der Waals surface area contributed by atoms with Crippen LogP contribution in [-0.4, -0.2) is 28.5 Å². The van der Waals surface area contributed by atoms with E-state index in [2.05, 4.69) is 20.1 Å². The van der Waals surface area contributed by atoms with E-state index in [1.165, 1.54) is 7.11 Å². The maximum atomic E-state index is 10.7. The van der Waals surface area contributed by atoms with Crippen molar-refractivity contribution in [3.63, 3.8) is 0 Å². The minimum absolute atomic E-state index is 0.225. The van der Waals surface area contributed by atoms with E-state index in [9.17, 15) is 4.79 Å². The van der Waals surface area contributed by atoms with E-state index in [0.717, 1.165) is 0 Å². The first-order chi connectivity index (χ1) is 4.75. The molecule has 0 aliphatic heterocycles. The molecule has 0 radical (unpaired) electrons. The van der Waals surface area contributed by atoms with Crippen molar-refractivity contribution in [3.05, 3.63) is 9.39 Å². The maximum Gasteiger partial charge on any atom is 0.361 e. The second-order valence-electron chi connectivity index (χ2n) is 1.45. The summed E-state index contributed by atoms with van der Waals surface area (Å²) < 4.78 is 4.93. The van der Waals surface area contributed by atoms with Crippen molar-refractivity contribution in [3.8, 4) is 0 Å². The van der Waals surface area contributed by atoms with Crippen LogP contribution in [0, 0.1) is 3.70 Å². The number of nitrogens with one attached hydrogen (secondary N) is 1. The first-order valence-corrected chi connectivity index (χ1v) is 3.48. The molecule has 1 rings (SSSR count). The summed E-state index contributed by atoms with van der Waals surface area (Å²) in [4.78, 5) is 10.7. The van der Waals surface area contributed by atoms with E-state index in [4.69, 9.17) is 0 Å². The van der Waals surface area contributed by atoms with Crippen molar-refractivity contribution in [2.24, 2.45) is 0 Å². The summed E-state index contributed by atoms with van der Waals surface area (Å²) in [6, 6.07) is 0. The summed E-state index contributed by atoms with van der Waals surface area (Å²) in [5, 5.41) is 9.51. The van der Waals surface area contributed by atoms with Crippen molar-refractivity contribution in [1.29, 1.82) is 0 Å². The van der Waals surface area contributed by atoms with Gasteiger partial charge in [0.05, 0.1) is 7.11 Å². The van der Waals surface area contributed by atoms with E-state index in [1.54, 1.807) is 0 Å². The molecule has 1 aromatic heterocycles. The molecule has 0 aliphatic rings. The normalized spacial score (nSPS) is 9.40. The number of H-pyrrole nitrogens is 1. The zero-order valence-corrected chi connectivity index (χ0v) is 7.25. The van der Waals surface area contributed by atoms with Crippen LogP contribution < -0.4 is 0 Å². The number of rotatable bonds is 1. The van der Waals surface area contributed by atoms with Gasteiger partial charge in [-0.15, -0.1) is 10.2 Å². The number of hydrogen-bond donors (Lipinski definition) is 1. The summed E-state index contributed by atoms with van der Waals surface area (Å²) in [6.45, 7) is 0. The van der Waals surface area contributed by atoms with Gasteiger partial charge in [0.25, 0.3) is 0 Å². The number of hydrogen-bond acceptors (Lipinski definition) is 4. The lowest BCUT2D eigenvalue weighted by Crippen LogP contribution is -2.03. The van der Waals surface area contributed by atoms with Gasteiger partial charge in [-0.05, 0) is 22.6 Å². The van der Waals surface area contributed by atoms with Gasteiger partial charge in [-0.2, -0.15) is 5.21 Å². The molecule has 0 saturated heterocycles. The molecular weight excluding hydrogens is 249 g/mol. The van der Waals surface area contributed by atoms with Crippen LogP contribution in [0.15, 0.2) is 0 Å². The van der Waals surface area contributed by atoms with Crippen LogP contribution in [0.5, 0.6) is 0 Å². The Balaban J connectivity index is 2.93. The minimum atomic E-state index is -0.474. The van der Waals surface area contributed by atoms with Gasteiger partial charge in [-0.25, -0.2) is 4.79 Å². The highest BCUT2D eigenvalue weighted by Crippen LogP contribution is 2.04. The molecule has 0 bridgehead atoms. The number of carbonyl (C=O) groups is 1. The summed E-state index contributed by atoms with van der Waals surface area (Å²) in [7, 11) is 1.30. The summed E-state index contributed by atoms with van der Waals surface area (Å²) in [5.74, 6) is -0.474. The highest BCUT2D eigenvalue weighted by Gasteiger charge is 2.13. The lowest BCUT2D eigenvalue weighted by Gasteiger charge is -1.90. The molecule has 10 heavy (non-hydrogen) atoms. The number of ether oxygens (including phenoxy) is 1. The highest BCUT2D eigenvalue weighted by atomic mass is 127. The van der Waals surface area contributed by atoms with Gasteiger partial charge < -0.3 is 4.74 Å². The van der Waals surface area contributed by atoms with Gasteiger partial charge >= 0.3 is 5.97 Å². The topological polar surface area (TPSA) is 67.9 Å². The molecule has 0 unspecified atom stereocenters. The lowest BCUT2D eigenvalue weighted by molar-refractivity contribution is 0.0592. The molecular formula is C4H4IN3O2. The predicted octanol–water partition coefficient (Wildman–Crippen LogP) is 0.196. The largest absolute Gasteiger partial charge is 0.464 e.